The highest BCUT2D eigenvalue weighted by Crippen LogP contribution is 2.40. The summed E-state index contributed by atoms with van der Waals surface area (Å²) in [4.78, 5) is 19.7. The smallest absolute Gasteiger partial charge is 0.188 e. The first-order chi connectivity index (χ1) is 15.1. The fourth-order valence-electron chi connectivity index (χ4n) is 3.81. The van der Waals surface area contributed by atoms with Gasteiger partial charge >= 0.3 is 0 Å². The molecule has 0 bridgehead atoms. The van der Waals surface area contributed by atoms with E-state index in [0.29, 0.717) is 11.5 Å². The molecule has 0 amide bonds. The van der Waals surface area contributed by atoms with E-state index in [-0.39, 0.29) is 5.04 Å². The maximum absolute atomic E-state index is 13.6. The molecule has 0 saturated carbocycles. The minimum absolute atomic E-state index is 0.0971. The van der Waals surface area contributed by atoms with Crippen LogP contribution in [0.2, 0.25) is 18.1 Å². The molecule has 168 valence electrons. The summed E-state index contributed by atoms with van der Waals surface area (Å²) in [6, 6.07) is 9.46. The average molecular weight is 455 g/mol. The zero-order valence-corrected chi connectivity index (χ0v) is 19.8. The number of hydrogen-bond donors (Lipinski definition) is 2. The van der Waals surface area contributed by atoms with Crippen LogP contribution in [0, 0.1) is 11.6 Å². The van der Waals surface area contributed by atoms with E-state index in [1.165, 1.54) is 6.07 Å². The Balaban J connectivity index is 1.68. The molecule has 0 radical (unpaired) electrons. The topological polar surface area (TPSA) is 63.0 Å². The first kappa shape index (κ1) is 22.4. The Morgan fingerprint density at radius 1 is 1.06 bits per heavy atom. The van der Waals surface area contributed by atoms with Gasteiger partial charge in [0.2, 0.25) is 0 Å². The van der Waals surface area contributed by atoms with Crippen molar-refractivity contribution in [2.24, 2.45) is 0 Å². The number of hydrogen-bond acceptors (Lipinski definition) is 4. The van der Waals surface area contributed by atoms with Gasteiger partial charge in [-0.25, -0.2) is 13.8 Å². The van der Waals surface area contributed by atoms with Crippen molar-refractivity contribution in [2.75, 3.05) is 5.32 Å². The molecule has 1 aromatic carbocycles. The molecule has 3 heterocycles. The lowest BCUT2D eigenvalue weighted by molar-refractivity contribution is 0.434. The van der Waals surface area contributed by atoms with Crippen molar-refractivity contribution in [3.05, 3.63) is 60.4 Å². The molecular formula is C24H28F2N4OSi. The Hall–Kier alpha value is -2.84. The van der Waals surface area contributed by atoms with Crippen molar-refractivity contribution in [2.45, 2.75) is 51.4 Å². The van der Waals surface area contributed by atoms with Gasteiger partial charge in [0.05, 0.1) is 5.52 Å². The second-order valence-electron chi connectivity index (χ2n) is 9.41. The van der Waals surface area contributed by atoms with E-state index >= 15 is 0 Å². The molecule has 32 heavy (non-hydrogen) atoms. The minimum Gasteiger partial charge on any atom is -0.432 e. The van der Waals surface area contributed by atoms with Gasteiger partial charge in [-0.2, -0.15) is 0 Å². The lowest BCUT2D eigenvalue weighted by Gasteiger charge is -2.35. The predicted molar refractivity (Wildman–Crippen MR) is 128 cm³/mol. The molecule has 5 nitrogen and oxygen atoms in total. The van der Waals surface area contributed by atoms with Crippen molar-refractivity contribution in [3.8, 4) is 0 Å². The molecule has 0 aliphatic heterocycles. The number of benzene rings is 1. The molecule has 4 aromatic rings. The van der Waals surface area contributed by atoms with E-state index in [4.69, 9.17) is 4.98 Å². The Morgan fingerprint density at radius 3 is 2.56 bits per heavy atom. The summed E-state index contributed by atoms with van der Waals surface area (Å²) in [6.07, 6.45) is 5.41. The highest BCUT2D eigenvalue weighted by Gasteiger charge is 2.37. The van der Waals surface area contributed by atoms with E-state index < -0.39 is 20.0 Å². The normalized spacial score (nSPS) is 12.6. The second-order valence-corrected chi connectivity index (χ2v) is 13.9. The van der Waals surface area contributed by atoms with Crippen LogP contribution in [-0.2, 0) is 6.54 Å². The summed E-state index contributed by atoms with van der Waals surface area (Å²) in [5.41, 5.74) is 2.28. The molecule has 0 aliphatic rings. The first-order valence-electron chi connectivity index (χ1n) is 10.7. The summed E-state index contributed by atoms with van der Waals surface area (Å²) in [7, 11) is -2.28. The van der Waals surface area contributed by atoms with Gasteiger partial charge in [-0.3, -0.25) is 4.98 Å². The van der Waals surface area contributed by atoms with Gasteiger partial charge in [0.25, 0.3) is 0 Å². The van der Waals surface area contributed by atoms with Crippen molar-refractivity contribution in [1.29, 1.82) is 0 Å². The number of nitrogens with one attached hydrogen (secondary N) is 1. The zero-order chi connectivity index (χ0) is 23.1. The molecule has 8 heteroatoms. The molecule has 4 rings (SSSR count). The van der Waals surface area contributed by atoms with Crippen LogP contribution in [0.3, 0.4) is 0 Å². The molecular weight excluding hydrogens is 426 g/mol. The van der Waals surface area contributed by atoms with Gasteiger partial charge in [0.1, 0.15) is 11.5 Å². The van der Waals surface area contributed by atoms with Crippen LogP contribution in [0.1, 0.15) is 26.7 Å². The number of pyridine rings is 2. The van der Waals surface area contributed by atoms with E-state index in [0.717, 1.165) is 53.5 Å². The number of rotatable bonds is 7. The summed E-state index contributed by atoms with van der Waals surface area (Å²) in [5.74, 6) is -1.25. The molecule has 0 unspecified atom stereocenters. The van der Waals surface area contributed by atoms with Crippen LogP contribution >= 0.6 is 0 Å². The summed E-state index contributed by atoms with van der Waals surface area (Å²) < 4.78 is 29.0. The fourth-order valence-corrected chi connectivity index (χ4v) is 4.60. The average Bonchev–Trinajstić information content (AvgIpc) is 3.03. The van der Waals surface area contributed by atoms with Gasteiger partial charge in [-0.05, 0) is 61.3 Å². The van der Waals surface area contributed by atoms with E-state index in [9.17, 15) is 13.6 Å². The molecule has 0 atom stereocenters. The lowest BCUT2D eigenvalue weighted by Crippen LogP contribution is -2.39. The first-order valence-corrected chi connectivity index (χ1v) is 13.7. The molecule has 3 aromatic heterocycles. The zero-order valence-electron chi connectivity index (χ0n) is 18.8. The maximum Gasteiger partial charge on any atom is 0.188 e. The number of aromatic nitrogens is 3. The third-order valence-electron chi connectivity index (χ3n) is 6.54. The largest absolute Gasteiger partial charge is 0.432 e. The van der Waals surface area contributed by atoms with Gasteiger partial charge in [0.15, 0.2) is 20.0 Å². The highest BCUT2D eigenvalue weighted by atomic mass is 28.4. The Bertz CT molecular complexity index is 1280. The van der Waals surface area contributed by atoms with Crippen LogP contribution in [0.4, 0.5) is 20.3 Å². The van der Waals surface area contributed by atoms with Gasteiger partial charge < -0.3 is 14.7 Å². The lowest BCUT2D eigenvalue weighted by atomic mass is 10.1. The quantitative estimate of drug-likeness (QED) is 0.319. The van der Waals surface area contributed by atoms with Crippen molar-refractivity contribution >= 4 is 41.8 Å². The van der Waals surface area contributed by atoms with E-state index in [1.807, 2.05) is 37.5 Å². The van der Waals surface area contributed by atoms with Crippen LogP contribution < -0.4 is 5.32 Å². The predicted octanol–water partition coefficient (Wildman–Crippen LogP) is 6.36. The molecule has 0 spiro atoms. The molecule has 0 aliphatic carbocycles. The number of fused-ring (bicyclic) bond motifs is 3. The van der Waals surface area contributed by atoms with Crippen molar-refractivity contribution in [1.82, 2.24) is 14.5 Å². The van der Waals surface area contributed by atoms with Crippen molar-refractivity contribution in [3.63, 3.8) is 0 Å². The fraction of sp³-hybridized carbons (Fsp3) is 0.333. The third-order valence-corrected chi connectivity index (χ3v) is 10.1. The van der Waals surface area contributed by atoms with Crippen LogP contribution in [-0.4, -0.2) is 27.6 Å². The van der Waals surface area contributed by atoms with Gasteiger partial charge in [-0.1, -0.05) is 13.8 Å². The summed E-state index contributed by atoms with van der Waals surface area (Å²) in [6.45, 7) is 8.99. The molecule has 0 fully saturated rings. The maximum atomic E-state index is 13.6. The number of aryl methyl sites for hydroxylation is 1. The third kappa shape index (κ3) is 4.25. The highest BCUT2D eigenvalue weighted by molar-refractivity contribution is 6.72. The standard InChI is InChI=1S/C24H28F2N4OSi/c1-24(2,32(3,4)31)11-5-13-30-21-10-12-27-15-18(21)17-7-9-22(29-23(17)30)28-16-6-8-19(25)20(26)14-16/h6-10,12,14-15,31H,5,11,13H2,1-4H3,(H,28,29). The number of halogens is 2. The molecule has 0 saturated heterocycles. The van der Waals surface area contributed by atoms with Crippen LogP contribution in [0.15, 0.2) is 48.8 Å². The Morgan fingerprint density at radius 2 is 1.84 bits per heavy atom. The monoisotopic (exact) mass is 454 g/mol. The Labute approximate surface area is 187 Å². The summed E-state index contributed by atoms with van der Waals surface area (Å²) in [5, 5.41) is 4.97. The van der Waals surface area contributed by atoms with E-state index in [1.54, 1.807) is 6.20 Å². The number of nitrogens with zero attached hydrogens (tertiary/aromatic N) is 3. The van der Waals surface area contributed by atoms with Crippen LogP contribution in [0.25, 0.3) is 21.9 Å². The Kier molecular flexibility index (Phi) is 5.77. The number of anilines is 2. The SMILES string of the molecule is CC(C)(CCCn1c2ccncc2c2ccc(Nc3ccc(F)c(F)c3)nc21)[Si](C)(C)O. The van der Waals surface area contributed by atoms with Gasteiger partial charge in [-0.15, -0.1) is 0 Å². The second kappa shape index (κ2) is 8.25. The van der Waals surface area contributed by atoms with E-state index in [2.05, 4.69) is 28.7 Å². The molecule has 2 N–H and O–H groups in total. The minimum atomic E-state index is -2.28. The summed E-state index contributed by atoms with van der Waals surface area (Å²) >= 11 is 0. The van der Waals surface area contributed by atoms with Crippen LogP contribution in [0.5, 0.6) is 0 Å². The van der Waals surface area contributed by atoms with Gasteiger partial charge in [0, 0.05) is 41.5 Å². The van der Waals surface area contributed by atoms with Crippen molar-refractivity contribution < 1.29 is 13.6 Å².